The number of likely N-dealkylation sites (tertiary alicyclic amines) is 1. The Hall–Kier alpha value is -2.74. The van der Waals surface area contributed by atoms with Gasteiger partial charge in [0.15, 0.2) is 11.4 Å². The lowest BCUT2D eigenvalue weighted by atomic mass is 10.0. The van der Waals surface area contributed by atoms with Crippen molar-refractivity contribution in [3.63, 3.8) is 0 Å². The van der Waals surface area contributed by atoms with Crippen molar-refractivity contribution < 1.29 is 4.42 Å². The van der Waals surface area contributed by atoms with Crippen molar-refractivity contribution in [1.29, 1.82) is 0 Å². The van der Waals surface area contributed by atoms with E-state index in [1.165, 1.54) is 12.8 Å². The standard InChI is InChI=1S/C21H26N6O2/c28-19-12-15-4-3-6-18(15)25-27(19)10-9-26-8-2-1-5-17(26)14-22-21-20-16(7-11-29-20)13-23-24-21/h7,11-13,17H,1-6,8-10,14H2,(H,22,24). The van der Waals surface area contributed by atoms with Crippen LogP contribution in [0.1, 0.15) is 36.9 Å². The predicted octanol–water partition coefficient (Wildman–Crippen LogP) is 2.23. The van der Waals surface area contributed by atoms with Crippen LogP contribution in [0.5, 0.6) is 0 Å². The summed E-state index contributed by atoms with van der Waals surface area (Å²) in [6.07, 6.45) is 9.99. The maximum absolute atomic E-state index is 12.4. The molecule has 0 radical (unpaired) electrons. The molecular formula is C21H26N6O2. The van der Waals surface area contributed by atoms with E-state index in [0.717, 1.165) is 67.5 Å². The van der Waals surface area contributed by atoms with E-state index in [0.29, 0.717) is 18.4 Å². The number of nitrogens with one attached hydrogen (secondary N) is 1. The monoisotopic (exact) mass is 394 g/mol. The van der Waals surface area contributed by atoms with Crippen molar-refractivity contribution in [3.05, 3.63) is 46.2 Å². The Morgan fingerprint density at radius 2 is 2.17 bits per heavy atom. The van der Waals surface area contributed by atoms with Gasteiger partial charge in [-0.1, -0.05) is 6.42 Å². The van der Waals surface area contributed by atoms with Crippen LogP contribution in [0.25, 0.3) is 11.0 Å². The summed E-state index contributed by atoms with van der Waals surface area (Å²) in [4.78, 5) is 14.9. The Bertz CT molecular complexity index is 1060. The highest BCUT2D eigenvalue weighted by Crippen LogP contribution is 2.22. The van der Waals surface area contributed by atoms with Gasteiger partial charge in [-0.2, -0.15) is 10.2 Å². The second kappa shape index (κ2) is 7.94. The van der Waals surface area contributed by atoms with E-state index in [4.69, 9.17) is 4.42 Å². The van der Waals surface area contributed by atoms with Crippen molar-refractivity contribution >= 4 is 16.8 Å². The van der Waals surface area contributed by atoms with Gasteiger partial charge in [0, 0.05) is 30.6 Å². The van der Waals surface area contributed by atoms with Gasteiger partial charge in [-0.15, -0.1) is 5.10 Å². The molecule has 4 heterocycles. The minimum Gasteiger partial charge on any atom is -0.460 e. The fraction of sp³-hybridized carbons (Fsp3) is 0.524. The molecule has 1 aliphatic carbocycles. The SMILES string of the molecule is O=c1cc2c(nn1CCN1CCCCC1CNc1nncc3ccoc13)CCC2. The maximum atomic E-state index is 12.4. The van der Waals surface area contributed by atoms with Gasteiger partial charge >= 0.3 is 0 Å². The van der Waals surface area contributed by atoms with Gasteiger partial charge in [0.05, 0.1) is 24.7 Å². The third-order valence-corrected chi connectivity index (χ3v) is 6.14. The smallest absolute Gasteiger partial charge is 0.267 e. The predicted molar refractivity (Wildman–Crippen MR) is 110 cm³/mol. The summed E-state index contributed by atoms with van der Waals surface area (Å²) in [5.74, 6) is 0.689. The zero-order valence-electron chi connectivity index (χ0n) is 16.5. The molecule has 1 aliphatic heterocycles. The molecule has 1 atom stereocenters. The van der Waals surface area contributed by atoms with Gasteiger partial charge in [-0.25, -0.2) is 4.68 Å². The number of piperidine rings is 1. The summed E-state index contributed by atoms with van der Waals surface area (Å²) in [5.41, 5.74) is 3.01. The van der Waals surface area contributed by atoms with Crippen LogP contribution in [0.3, 0.4) is 0 Å². The number of anilines is 1. The Kier molecular flexibility index (Phi) is 5.01. The summed E-state index contributed by atoms with van der Waals surface area (Å²) in [6.45, 7) is 3.29. The largest absolute Gasteiger partial charge is 0.460 e. The Labute approximate surface area is 168 Å². The molecule has 0 amide bonds. The molecule has 5 rings (SSSR count). The highest BCUT2D eigenvalue weighted by Gasteiger charge is 2.23. The third kappa shape index (κ3) is 3.76. The third-order valence-electron chi connectivity index (χ3n) is 6.14. The molecule has 0 bridgehead atoms. The molecule has 1 saturated heterocycles. The van der Waals surface area contributed by atoms with Crippen LogP contribution in [0.2, 0.25) is 0 Å². The fourth-order valence-electron chi connectivity index (χ4n) is 4.55. The van der Waals surface area contributed by atoms with E-state index in [2.05, 4.69) is 25.5 Å². The molecule has 0 saturated carbocycles. The quantitative estimate of drug-likeness (QED) is 0.686. The van der Waals surface area contributed by atoms with Gasteiger partial charge in [0.2, 0.25) is 0 Å². The first-order chi connectivity index (χ1) is 14.3. The molecule has 0 spiro atoms. The van der Waals surface area contributed by atoms with E-state index >= 15 is 0 Å². The van der Waals surface area contributed by atoms with Crippen LogP contribution >= 0.6 is 0 Å². The molecule has 1 N–H and O–H groups in total. The van der Waals surface area contributed by atoms with Crippen molar-refractivity contribution in [2.45, 2.75) is 51.1 Å². The summed E-state index contributed by atoms with van der Waals surface area (Å²) >= 11 is 0. The molecule has 1 unspecified atom stereocenters. The number of aromatic nitrogens is 4. The van der Waals surface area contributed by atoms with E-state index < -0.39 is 0 Å². The molecule has 1 fully saturated rings. The molecule has 152 valence electrons. The number of hydrogen-bond donors (Lipinski definition) is 1. The van der Waals surface area contributed by atoms with Crippen LogP contribution in [-0.4, -0.2) is 50.6 Å². The molecule has 2 aliphatic rings. The minimum atomic E-state index is 0.0251. The van der Waals surface area contributed by atoms with Gasteiger partial charge in [-0.3, -0.25) is 9.69 Å². The average Bonchev–Trinajstić information content (AvgIpc) is 3.40. The van der Waals surface area contributed by atoms with Gasteiger partial charge < -0.3 is 9.73 Å². The molecule has 29 heavy (non-hydrogen) atoms. The first-order valence-electron chi connectivity index (χ1n) is 10.5. The van der Waals surface area contributed by atoms with Crippen LogP contribution in [0.15, 0.2) is 33.8 Å². The molecule has 8 nitrogen and oxygen atoms in total. The first kappa shape index (κ1) is 18.3. The molecule has 3 aromatic heterocycles. The van der Waals surface area contributed by atoms with Crippen molar-refractivity contribution in [2.75, 3.05) is 25.0 Å². The lowest BCUT2D eigenvalue weighted by molar-refractivity contribution is 0.148. The number of nitrogens with zero attached hydrogens (tertiary/aromatic N) is 5. The van der Waals surface area contributed by atoms with E-state index in [9.17, 15) is 4.79 Å². The number of aryl methyl sites for hydroxylation is 2. The van der Waals surface area contributed by atoms with E-state index in [-0.39, 0.29) is 5.56 Å². The normalized spacial score (nSPS) is 19.5. The molecular weight excluding hydrogens is 368 g/mol. The Balaban J connectivity index is 1.25. The second-order valence-electron chi connectivity index (χ2n) is 8.00. The zero-order chi connectivity index (χ0) is 19.6. The minimum absolute atomic E-state index is 0.0251. The van der Waals surface area contributed by atoms with Gasteiger partial charge in [0.25, 0.3) is 5.56 Å². The highest BCUT2D eigenvalue weighted by molar-refractivity contribution is 5.85. The van der Waals surface area contributed by atoms with Crippen LogP contribution in [0.4, 0.5) is 5.82 Å². The highest BCUT2D eigenvalue weighted by atomic mass is 16.3. The van der Waals surface area contributed by atoms with Crippen LogP contribution < -0.4 is 10.9 Å². The number of fused-ring (bicyclic) bond motifs is 2. The Morgan fingerprint density at radius 3 is 3.14 bits per heavy atom. The maximum Gasteiger partial charge on any atom is 0.267 e. The molecule has 8 heteroatoms. The Morgan fingerprint density at radius 1 is 1.21 bits per heavy atom. The van der Waals surface area contributed by atoms with Gasteiger partial charge in [0.1, 0.15) is 0 Å². The molecule has 0 aromatic carbocycles. The lowest BCUT2D eigenvalue weighted by Gasteiger charge is -2.35. The lowest BCUT2D eigenvalue weighted by Crippen LogP contribution is -2.45. The fourth-order valence-corrected chi connectivity index (χ4v) is 4.55. The van der Waals surface area contributed by atoms with Gasteiger partial charge in [-0.05, 0) is 50.3 Å². The van der Waals surface area contributed by atoms with E-state index in [1.54, 1.807) is 23.2 Å². The molecule has 3 aromatic rings. The average molecular weight is 394 g/mol. The summed E-state index contributed by atoms with van der Waals surface area (Å²) in [5, 5.41) is 17.2. The summed E-state index contributed by atoms with van der Waals surface area (Å²) in [6, 6.07) is 4.07. The number of hydrogen-bond acceptors (Lipinski definition) is 7. The second-order valence-corrected chi connectivity index (χ2v) is 8.00. The summed E-state index contributed by atoms with van der Waals surface area (Å²) in [7, 11) is 0. The zero-order valence-corrected chi connectivity index (χ0v) is 16.5. The van der Waals surface area contributed by atoms with Crippen LogP contribution in [-0.2, 0) is 19.4 Å². The van der Waals surface area contributed by atoms with E-state index in [1.807, 2.05) is 6.07 Å². The van der Waals surface area contributed by atoms with Crippen LogP contribution in [0, 0.1) is 0 Å². The number of rotatable bonds is 6. The summed E-state index contributed by atoms with van der Waals surface area (Å²) < 4.78 is 7.20. The van der Waals surface area contributed by atoms with Crippen molar-refractivity contribution in [1.82, 2.24) is 24.9 Å². The number of furan rings is 1. The van der Waals surface area contributed by atoms with Crippen molar-refractivity contribution in [2.24, 2.45) is 0 Å². The topological polar surface area (TPSA) is 89.1 Å². The first-order valence-corrected chi connectivity index (χ1v) is 10.5. The van der Waals surface area contributed by atoms with Crippen molar-refractivity contribution in [3.8, 4) is 0 Å².